The van der Waals surface area contributed by atoms with E-state index < -0.39 is 35.7 Å². The highest BCUT2D eigenvalue weighted by atomic mass is 35.5. The van der Waals surface area contributed by atoms with Crippen LogP contribution in [0.4, 0.5) is 24.5 Å². The Morgan fingerprint density at radius 3 is 2.52 bits per heavy atom. The standard InChI is InChI=1S/C11H11ClF3N3O3/c1-16-8-5-7(12)6(4-9(8)18(20)21)10(19)17-3-2-11(13,14)15/h4-5,16H,2-3H2,1H3,(H,17,19). The van der Waals surface area contributed by atoms with E-state index in [1.807, 2.05) is 5.32 Å². The van der Waals surface area contributed by atoms with Crippen LogP contribution in [0.25, 0.3) is 0 Å². The molecule has 21 heavy (non-hydrogen) atoms. The number of benzene rings is 1. The second-order valence-electron chi connectivity index (χ2n) is 3.98. The largest absolute Gasteiger partial charge is 0.390 e. The van der Waals surface area contributed by atoms with E-state index >= 15 is 0 Å². The second kappa shape index (κ2) is 6.61. The maximum absolute atomic E-state index is 12.0. The third-order valence-electron chi connectivity index (χ3n) is 2.49. The Hall–Kier alpha value is -2.03. The minimum absolute atomic E-state index is 0.0943. The summed E-state index contributed by atoms with van der Waals surface area (Å²) >= 11 is 5.80. The molecule has 0 unspecified atom stereocenters. The van der Waals surface area contributed by atoms with Crippen LogP contribution >= 0.6 is 11.6 Å². The Kier molecular flexibility index (Phi) is 5.36. The molecule has 0 atom stereocenters. The molecular formula is C11H11ClF3N3O3. The van der Waals surface area contributed by atoms with E-state index in [2.05, 4.69) is 5.32 Å². The Balaban J connectivity index is 2.94. The number of nitrogens with one attached hydrogen (secondary N) is 2. The van der Waals surface area contributed by atoms with Crippen LogP contribution in [0.2, 0.25) is 5.02 Å². The highest BCUT2D eigenvalue weighted by Gasteiger charge is 2.27. The first-order chi connectivity index (χ1) is 9.65. The van der Waals surface area contributed by atoms with E-state index in [4.69, 9.17) is 11.6 Å². The van der Waals surface area contributed by atoms with Gasteiger partial charge in [0.25, 0.3) is 11.6 Å². The van der Waals surface area contributed by atoms with Gasteiger partial charge in [-0.2, -0.15) is 13.2 Å². The van der Waals surface area contributed by atoms with Crippen molar-refractivity contribution in [2.24, 2.45) is 0 Å². The molecular weight excluding hydrogens is 315 g/mol. The molecule has 0 saturated carbocycles. The molecule has 0 aromatic heterocycles. The number of nitro benzene ring substituents is 1. The quantitative estimate of drug-likeness (QED) is 0.644. The number of hydrogen-bond acceptors (Lipinski definition) is 4. The third-order valence-corrected chi connectivity index (χ3v) is 2.80. The van der Waals surface area contributed by atoms with E-state index in [1.165, 1.54) is 13.1 Å². The summed E-state index contributed by atoms with van der Waals surface area (Å²) in [6.45, 7) is -0.639. The summed E-state index contributed by atoms with van der Waals surface area (Å²) in [6, 6.07) is 2.08. The van der Waals surface area contributed by atoms with Crippen LogP contribution in [-0.2, 0) is 0 Å². The van der Waals surface area contributed by atoms with Crippen molar-refractivity contribution in [3.63, 3.8) is 0 Å². The number of hydrogen-bond donors (Lipinski definition) is 2. The summed E-state index contributed by atoms with van der Waals surface area (Å²) in [6.07, 6.45) is -5.61. The van der Waals surface area contributed by atoms with Crippen molar-refractivity contribution in [3.05, 3.63) is 32.8 Å². The molecule has 0 saturated heterocycles. The van der Waals surface area contributed by atoms with E-state index in [0.717, 1.165) is 6.07 Å². The predicted octanol–water partition coefficient (Wildman–Crippen LogP) is 2.97. The van der Waals surface area contributed by atoms with Crippen molar-refractivity contribution < 1.29 is 22.9 Å². The smallest absolute Gasteiger partial charge is 0.383 e. The molecule has 0 aliphatic heterocycles. The van der Waals surface area contributed by atoms with Gasteiger partial charge in [-0.25, -0.2) is 0 Å². The zero-order chi connectivity index (χ0) is 16.2. The number of amides is 1. The molecule has 1 aromatic rings. The van der Waals surface area contributed by atoms with Crippen molar-refractivity contribution in [1.82, 2.24) is 5.32 Å². The maximum atomic E-state index is 12.0. The monoisotopic (exact) mass is 325 g/mol. The molecule has 116 valence electrons. The molecule has 0 fully saturated rings. The number of anilines is 1. The molecule has 6 nitrogen and oxygen atoms in total. The molecule has 1 amide bonds. The lowest BCUT2D eigenvalue weighted by Crippen LogP contribution is -2.28. The van der Waals surface area contributed by atoms with E-state index in [9.17, 15) is 28.1 Å². The normalized spacial score (nSPS) is 11.1. The third kappa shape index (κ3) is 4.78. The van der Waals surface area contributed by atoms with Gasteiger partial charge in [0.1, 0.15) is 5.69 Å². The topological polar surface area (TPSA) is 84.3 Å². The Labute approximate surface area is 122 Å². The van der Waals surface area contributed by atoms with E-state index in [1.54, 1.807) is 0 Å². The van der Waals surface area contributed by atoms with Crippen molar-refractivity contribution in [2.75, 3.05) is 18.9 Å². The summed E-state index contributed by atoms with van der Waals surface area (Å²) in [4.78, 5) is 21.8. The second-order valence-corrected chi connectivity index (χ2v) is 4.38. The van der Waals surface area contributed by atoms with Crippen LogP contribution in [0.3, 0.4) is 0 Å². The van der Waals surface area contributed by atoms with Gasteiger partial charge in [0, 0.05) is 19.7 Å². The maximum Gasteiger partial charge on any atom is 0.390 e. The summed E-state index contributed by atoms with van der Waals surface area (Å²) in [5.41, 5.74) is -0.566. The molecule has 1 aromatic carbocycles. The molecule has 0 heterocycles. The molecule has 0 bridgehead atoms. The first-order valence-electron chi connectivity index (χ1n) is 5.66. The number of nitrogens with zero attached hydrogens (tertiary/aromatic N) is 1. The van der Waals surface area contributed by atoms with Gasteiger partial charge in [0.2, 0.25) is 0 Å². The van der Waals surface area contributed by atoms with Crippen LogP contribution in [0, 0.1) is 10.1 Å². The van der Waals surface area contributed by atoms with Crippen LogP contribution in [-0.4, -0.2) is 30.6 Å². The molecule has 1 rings (SSSR count). The van der Waals surface area contributed by atoms with E-state index in [0.29, 0.717) is 0 Å². The van der Waals surface area contributed by atoms with Gasteiger partial charge in [-0.15, -0.1) is 0 Å². The molecule has 10 heteroatoms. The van der Waals surface area contributed by atoms with Gasteiger partial charge in [0.15, 0.2) is 0 Å². The van der Waals surface area contributed by atoms with Crippen LogP contribution in [0.15, 0.2) is 12.1 Å². The fraction of sp³-hybridized carbons (Fsp3) is 0.364. The highest BCUT2D eigenvalue weighted by Crippen LogP contribution is 2.31. The minimum Gasteiger partial charge on any atom is -0.383 e. The fourth-order valence-corrected chi connectivity index (χ4v) is 1.75. The number of carbonyl (C=O) groups excluding carboxylic acids is 1. The van der Waals surface area contributed by atoms with Crippen molar-refractivity contribution >= 4 is 28.9 Å². The number of alkyl halides is 3. The van der Waals surface area contributed by atoms with Gasteiger partial charge < -0.3 is 10.6 Å². The van der Waals surface area contributed by atoms with Crippen molar-refractivity contribution in [3.8, 4) is 0 Å². The summed E-state index contributed by atoms with van der Waals surface area (Å²) in [7, 11) is 1.43. The van der Waals surface area contributed by atoms with Gasteiger partial charge in [-0.05, 0) is 6.07 Å². The first kappa shape index (κ1) is 17.0. The highest BCUT2D eigenvalue weighted by molar-refractivity contribution is 6.34. The number of halogens is 4. The molecule has 0 aliphatic carbocycles. The van der Waals surface area contributed by atoms with Gasteiger partial charge in [-0.3, -0.25) is 14.9 Å². The molecule has 0 radical (unpaired) electrons. The Morgan fingerprint density at radius 1 is 1.43 bits per heavy atom. The van der Waals surface area contributed by atoms with Crippen LogP contribution < -0.4 is 10.6 Å². The summed E-state index contributed by atoms with van der Waals surface area (Å²) < 4.78 is 35.9. The Morgan fingerprint density at radius 2 is 2.05 bits per heavy atom. The zero-order valence-corrected chi connectivity index (χ0v) is 11.5. The summed E-state index contributed by atoms with van der Waals surface area (Å²) in [5.74, 6) is -0.907. The fourth-order valence-electron chi connectivity index (χ4n) is 1.50. The zero-order valence-electron chi connectivity index (χ0n) is 10.8. The van der Waals surface area contributed by atoms with Gasteiger partial charge in [-0.1, -0.05) is 11.6 Å². The lowest BCUT2D eigenvalue weighted by Gasteiger charge is -2.10. The average molecular weight is 326 g/mol. The number of nitro groups is 1. The number of rotatable bonds is 5. The molecule has 2 N–H and O–H groups in total. The van der Waals surface area contributed by atoms with Gasteiger partial charge >= 0.3 is 6.18 Å². The number of carbonyl (C=O) groups is 1. The van der Waals surface area contributed by atoms with Gasteiger partial charge in [0.05, 0.1) is 21.9 Å². The first-order valence-corrected chi connectivity index (χ1v) is 6.04. The lowest BCUT2D eigenvalue weighted by atomic mass is 10.1. The van der Waals surface area contributed by atoms with E-state index in [-0.39, 0.29) is 16.3 Å². The van der Waals surface area contributed by atoms with Crippen molar-refractivity contribution in [1.29, 1.82) is 0 Å². The molecule has 0 spiro atoms. The summed E-state index contributed by atoms with van der Waals surface area (Å²) in [5, 5.41) is 15.3. The average Bonchev–Trinajstić information content (AvgIpc) is 2.36. The van der Waals surface area contributed by atoms with Crippen LogP contribution in [0.5, 0.6) is 0 Å². The van der Waals surface area contributed by atoms with Crippen molar-refractivity contribution in [2.45, 2.75) is 12.6 Å². The SMILES string of the molecule is CNc1cc(Cl)c(C(=O)NCCC(F)(F)F)cc1[N+](=O)[O-]. The Bertz CT molecular complexity index is 564. The van der Waals surface area contributed by atoms with Crippen LogP contribution in [0.1, 0.15) is 16.8 Å². The minimum atomic E-state index is -4.40. The predicted molar refractivity (Wildman–Crippen MR) is 70.7 cm³/mol. The molecule has 0 aliphatic rings. The lowest BCUT2D eigenvalue weighted by molar-refractivity contribution is -0.384.